The number of aromatic nitrogens is 1. The molecule has 0 aliphatic carbocycles. The molecule has 1 aromatic heterocycles. The number of hydrogen-bond acceptors (Lipinski definition) is 2. The third-order valence-electron chi connectivity index (χ3n) is 3.08. The number of hydrogen-bond donors (Lipinski definition) is 0. The van der Waals surface area contributed by atoms with E-state index in [1.165, 1.54) is 0 Å². The lowest BCUT2D eigenvalue weighted by Gasteiger charge is -2.12. The molecule has 1 heterocycles. The van der Waals surface area contributed by atoms with Crippen molar-refractivity contribution in [2.75, 3.05) is 11.9 Å². The number of pyridine rings is 1. The topological polar surface area (TPSA) is 48.0 Å². The van der Waals surface area contributed by atoms with Gasteiger partial charge in [-0.2, -0.15) is 19.5 Å². The van der Waals surface area contributed by atoms with Crippen molar-refractivity contribution in [1.82, 2.24) is 0 Å². The maximum absolute atomic E-state index is 12.5. The highest BCUT2D eigenvalue weighted by atomic mass is 16.2. The van der Waals surface area contributed by atoms with E-state index in [2.05, 4.69) is 6.07 Å². The van der Waals surface area contributed by atoms with Crippen molar-refractivity contribution < 1.29 is 9.36 Å². The molecule has 0 bridgehead atoms. The van der Waals surface area contributed by atoms with Gasteiger partial charge in [0.1, 0.15) is 11.9 Å². The Morgan fingerprint density at radius 1 is 1.30 bits per heavy atom. The fraction of sp³-hybridized carbons (Fsp3) is 0.188. The average molecular weight is 266 g/mol. The third-order valence-corrected chi connectivity index (χ3v) is 3.08. The van der Waals surface area contributed by atoms with E-state index in [4.69, 9.17) is 5.26 Å². The second-order valence-electron chi connectivity index (χ2n) is 4.59. The van der Waals surface area contributed by atoms with Crippen LogP contribution in [0, 0.1) is 18.3 Å². The number of benzene rings is 1. The van der Waals surface area contributed by atoms with Crippen LogP contribution in [0.5, 0.6) is 0 Å². The number of carbonyl (C=O) groups is 1. The average Bonchev–Trinajstić information content (AvgIpc) is 2.47. The van der Waals surface area contributed by atoms with E-state index in [-0.39, 0.29) is 12.5 Å². The zero-order chi connectivity index (χ0) is 14.5. The number of anilines is 1. The van der Waals surface area contributed by atoms with Gasteiger partial charge < -0.3 is 0 Å². The van der Waals surface area contributed by atoms with Crippen LogP contribution in [0.15, 0.2) is 48.8 Å². The van der Waals surface area contributed by atoms with E-state index in [1.54, 1.807) is 28.9 Å². The molecular formula is C16H16N3O+. The first-order valence-electron chi connectivity index (χ1n) is 6.34. The molecular weight excluding hydrogens is 250 g/mol. The smallest absolute Gasteiger partial charge is 0.198 e. The van der Waals surface area contributed by atoms with Crippen LogP contribution >= 0.6 is 0 Å². The molecule has 0 aliphatic heterocycles. The van der Waals surface area contributed by atoms with E-state index in [9.17, 15) is 4.79 Å². The lowest BCUT2D eigenvalue weighted by molar-refractivity contribution is -0.570. The monoisotopic (exact) mass is 266 g/mol. The van der Waals surface area contributed by atoms with Gasteiger partial charge in [-0.05, 0) is 24.6 Å². The molecule has 0 fully saturated rings. The molecule has 2 aromatic rings. The summed E-state index contributed by atoms with van der Waals surface area (Å²) >= 11 is 0. The summed E-state index contributed by atoms with van der Waals surface area (Å²) in [6, 6.07) is 13.2. The van der Waals surface area contributed by atoms with Crippen LogP contribution < -0.4 is 9.47 Å². The fourth-order valence-electron chi connectivity index (χ4n) is 2.06. The molecule has 4 heteroatoms. The van der Waals surface area contributed by atoms with Crippen molar-refractivity contribution in [3.05, 3.63) is 59.9 Å². The Morgan fingerprint density at radius 2 is 2.05 bits per heavy atom. The summed E-state index contributed by atoms with van der Waals surface area (Å²) in [6.45, 7) is 1.94. The summed E-state index contributed by atoms with van der Waals surface area (Å²) in [4.78, 5) is 14.0. The molecule has 20 heavy (non-hydrogen) atoms. The predicted octanol–water partition coefficient (Wildman–Crippen LogP) is 2.45. The van der Waals surface area contributed by atoms with E-state index in [0.29, 0.717) is 0 Å². The largest absolute Gasteiger partial charge is 0.502 e. The van der Waals surface area contributed by atoms with E-state index < -0.39 is 0 Å². The van der Waals surface area contributed by atoms with E-state index in [0.717, 1.165) is 16.8 Å². The summed E-state index contributed by atoms with van der Waals surface area (Å²) in [7, 11) is 1.72. The van der Waals surface area contributed by atoms with Gasteiger partial charge in [0.25, 0.3) is 0 Å². The first-order chi connectivity index (χ1) is 9.63. The van der Waals surface area contributed by atoms with Gasteiger partial charge in [-0.15, -0.1) is 0 Å². The van der Waals surface area contributed by atoms with Gasteiger partial charge in [-0.3, -0.25) is 0 Å². The summed E-state index contributed by atoms with van der Waals surface area (Å²) in [5, 5.41) is 8.86. The van der Waals surface area contributed by atoms with Crippen LogP contribution in [0.25, 0.3) is 0 Å². The lowest BCUT2D eigenvalue weighted by Crippen LogP contribution is -2.51. The Bertz CT molecular complexity index is 673. The minimum atomic E-state index is -0.154. The van der Waals surface area contributed by atoms with Crippen molar-refractivity contribution in [1.29, 1.82) is 5.26 Å². The van der Waals surface area contributed by atoms with Crippen LogP contribution in [0.2, 0.25) is 0 Å². The molecule has 0 atom stereocenters. The molecule has 0 spiro atoms. The maximum Gasteiger partial charge on any atom is 0.502 e. The van der Waals surface area contributed by atoms with Gasteiger partial charge in [-0.1, -0.05) is 24.3 Å². The number of carbonyl (C=O) groups excluding carboxylic acids is 1. The number of rotatable bonds is 2. The number of aryl methyl sites for hydroxylation is 1. The second kappa shape index (κ2) is 5.98. The molecule has 0 N–H and O–H groups in total. The summed E-state index contributed by atoms with van der Waals surface area (Å²) in [5.41, 5.74) is 2.62. The van der Waals surface area contributed by atoms with E-state index >= 15 is 0 Å². The fourth-order valence-corrected chi connectivity index (χ4v) is 2.06. The zero-order valence-corrected chi connectivity index (χ0v) is 11.6. The summed E-state index contributed by atoms with van der Waals surface area (Å²) in [5.74, 6) is 0. The van der Waals surface area contributed by atoms with Crippen LogP contribution in [0.3, 0.4) is 0 Å². The van der Waals surface area contributed by atoms with Crippen molar-refractivity contribution in [3.63, 3.8) is 0 Å². The number of para-hydroxylation sites is 1. The molecule has 0 radical (unpaired) electrons. The van der Waals surface area contributed by atoms with Crippen molar-refractivity contribution >= 4 is 11.7 Å². The molecule has 1 amide bonds. The second-order valence-corrected chi connectivity index (χ2v) is 4.59. The normalized spacial score (nSPS) is 9.85. The van der Waals surface area contributed by atoms with Crippen molar-refractivity contribution in [2.24, 2.45) is 0 Å². The van der Waals surface area contributed by atoms with Crippen molar-refractivity contribution in [3.8, 4) is 6.07 Å². The minimum Gasteiger partial charge on any atom is -0.198 e. The van der Waals surface area contributed by atoms with Crippen LogP contribution in [-0.4, -0.2) is 13.1 Å². The Labute approximate surface area is 118 Å². The van der Waals surface area contributed by atoms with Crippen molar-refractivity contribution in [2.45, 2.75) is 13.3 Å². The first kappa shape index (κ1) is 13.8. The van der Waals surface area contributed by atoms with E-state index in [1.807, 2.05) is 43.3 Å². The molecule has 4 nitrogen and oxygen atoms in total. The van der Waals surface area contributed by atoms with Crippen LogP contribution in [0.4, 0.5) is 10.5 Å². The SMILES string of the molecule is Cc1ccc[n+](C(=O)N(C)c2ccccc2CC#N)c1. The maximum atomic E-state index is 12.5. The summed E-state index contributed by atoms with van der Waals surface area (Å²) < 4.78 is 1.54. The lowest BCUT2D eigenvalue weighted by atomic mass is 10.1. The Morgan fingerprint density at radius 3 is 2.75 bits per heavy atom. The number of nitrogens with zero attached hydrogens (tertiary/aromatic N) is 3. The van der Waals surface area contributed by atoms with Gasteiger partial charge in [0.2, 0.25) is 0 Å². The molecule has 0 aliphatic rings. The number of nitriles is 1. The Balaban J connectivity index is 2.34. The minimum absolute atomic E-state index is 0.154. The molecule has 2 rings (SSSR count). The Hall–Kier alpha value is -2.67. The highest BCUT2D eigenvalue weighted by molar-refractivity contribution is 5.86. The highest BCUT2D eigenvalue weighted by Crippen LogP contribution is 2.19. The van der Waals surface area contributed by atoms with Crippen LogP contribution in [-0.2, 0) is 6.42 Å². The Kier molecular flexibility index (Phi) is 4.11. The molecule has 0 unspecified atom stereocenters. The van der Waals surface area contributed by atoms with Gasteiger partial charge in [-0.25, -0.2) is 0 Å². The number of amides is 1. The van der Waals surface area contributed by atoms with Gasteiger partial charge in [0.05, 0.1) is 25.7 Å². The molecule has 1 aromatic carbocycles. The highest BCUT2D eigenvalue weighted by Gasteiger charge is 2.24. The predicted molar refractivity (Wildman–Crippen MR) is 76.3 cm³/mol. The molecule has 0 saturated heterocycles. The quantitative estimate of drug-likeness (QED) is 0.784. The van der Waals surface area contributed by atoms with Gasteiger partial charge >= 0.3 is 6.03 Å². The van der Waals surface area contributed by atoms with Gasteiger partial charge in [0.15, 0.2) is 0 Å². The molecule has 0 saturated carbocycles. The zero-order valence-electron chi connectivity index (χ0n) is 11.6. The third kappa shape index (κ3) is 2.83. The van der Waals surface area contributed by atoms with Crippen LogP contribution in [0.1, 0.15) is 11.1 Å². The van der Waals surface area contributed by atoms with Gasteiger partial charge in [0, 0.05) is 5.56 Å². The summed E-state index contributed by atoms with van der Waals surface area (Å²) in [6.07, 6.45) is 3.79. The standard InChI is InChI=1S/C16H16N3O/c1-13-6-5-11-19(12-13)16(20)18(2)15-8-4-3-7-14(15)9-10-17/h3-8,11-12H,9H2,1-2H3/q+1. The first-order valence-corrected chi connectivity index (χ1v) is 6.34. The molecule has 100 valence electrons.